The van der Waals surface area contributed by atoms with E-state index in [4.69, 9.17) is 5.73 Å². The van der Waals surface area contributed by atoms with Crippen molar-refractivity contribution in [3.8, 4) is 0 Å². The molecule has 2 aromatic rings. The first kappa shape index (κ1) is 13.2. The molecule has 1 amide bonds. The van der Waals surface area contributed by atoms with Crippen LogP contribution in [-0.4, -0.2) is 38.7 Å². The van der Waals surface area contributed by atoms with Crippen molar-refractivity contribution in [2.45, 2.75) is 32.2 Å². The Morgan fingerprint density at radius 2 is 2.14 bits per heavy atom. The molecule has 4 rings (SSSR count). The first-order valence-corrected chi connectivity index (χ1v) is 7.57. The summed E-state index contributed by atoms with van der Waals surface area (Å²) in [6.45, 7) is 3.65. The smallest absolute Gasteiger partial charge is 0.251 e. The maximum absolute atomic E-state index is 11.1. The van der Waals surface area contributed by atoms with Crippen LogP contribution in [0.3, 0.4) is 0 Å². The van der Waals surface area contributed by atoms with Gasteiger partial charge in [0.1, 0.15) is 11.6 Å². The van der Waals surface area contributed by atoms with Crippen molar-refractivity contribution in [3.05, 3.63) is 35.0 Å². The van der Waals surface area contributed by atoms with Crippen molar-refractivity contribution in [2.75, 3.05) is 18.0 Å². The van der Waals surface area contributed by atoms with E-state index in [9.17, 15) is 4.79 Å². The molecule has 22 heavy (non-hydrogen) atoms. The minimum atomic E-state index is -0.438. The zero-order valence-corrected chi connectivity index (χ0v) is 12.5. The highest BCUT2D eigenvalue weighted by Crippen LogP contribution is 2.33. The first-order valence-electron chi connectivity index (χ1n) is 7.57. The fraction of sp³-hybridized carbons (Fsp3) is 0.467. The Morgan fingerprint density at radius 1 is 1.32 bits per heavy atom. The molecular formula is C15H18N6O. The third kappa shape index (κ3) is 2.04. The molecule has 1 aliphatic heterocycles. The second-order valence-corrected chi connectivity index (χ2v) is 6.01. The normalized spacial score (nSPS) is 17.4. The number of anilines is 1. The number of fused-ring (bicyclic) bond motifs is 1. The van der Waals surface area contributed by atoms with E-state index in [1.165, 1.54) is 23.9 Å². The second-order valence-electron chi connectivity index (χ2n) is 6.01. The minimum absolute atomic E-state index is 0.264. The van der Waals surface area contributed by atoms with Crippen LogP contribution in [0, 0.1) is 6.92 Å². The summed E-state index contributed by atoms with van der Waals surface area (Å²) in [5, 5.41) is 4.23. The van der Waals surface area contributed by atoms with Gasteiger partial charge in [-0.05, 0) is 26.2 Å². The van der Waals surface area contributed by atoms with Gasteiger partial charge in [-0.1, -0.05) is 0 Å². The Balaban J connectivity index is 1.53. The van der Waals surface area contributed by atoms with E-state index in [0.717, 1.165) is 37.6 Å². The van der Waals surface area contributed by atoms with Gasteiger partial charge < -0.3 is 10.6 Å². The van der Waals surface area contributed by atoms with Crippen LogP contribution in [-0.2, 0) is 12.8 Å². The lowest BCUT2D eigenvalue weighted by molar-refractivity contribution is 0.1000. The molecule has 0 spiro atoms. The average molecular weight is 298 g/mol. The van der Waals surface area contributed by atoms with Crippen molar-refractivity contribution in [1.29, 1.82) is 0 Å². The summed E-state index contributed by atoms with van der Waals surface area (Å²) in [6, 6.07) is 0.264. The summed E-state index contributed by atoms with van der Waals surface area (Å²) in [6.07, 6.45) is 6.54. The number of hydrogen-bond acceptors (Lipinski definition) is 5. The SMILES string of the molecule is Cc1nc2c(c(N3CC(n4cc(C(N)=O)cn4)C3)n1)CCC2. The molecule has 1 fully saturated rings. The van der Waals surface area contributed by atoms with E-state index < -0.39 is 5.91 Å². The number of carbonyl (C=O) groups excluding carboxylic acids is 1. The fourth-order valence-electron chi connectivity index (χ4n) is 3.26. The summed E-state index contributed by atoms with van der Waals surface area (Å²) in [5.74, 6) is 1.49. The molecule has 3 heterocycles. The lowest BCUT2D eigenvalue weighted by Gasteiger charge is -2.41. The number of primary amides is 1. The predicted molar refractivity (Wildman–Crippen MR) is 80.8 cm³/mol. The van der Waals surface area contributed by atoms with Crippen LogP contribution in [0.2, 0.25) is 0 Å². The zero-order chi connectivity index (χ0) is 15.3. The van der Waals surface area contributed by atoms with Crippen LogP contribution in [0.25, 0.3) is 0 Å². The predicted octanol–water partition coefficient (Wildman–Crippen LogP) is 0.630. The highest BCUT2D eigenvalue weighted by molar-refractivity contribution is 5.92. The summed E-state index contributed by atoms with van der Waals surface area (Å²) in [7, 11) is 0. The number of nitrogens with zero attached hydrogens (tertiary/aromatic N) is 5. The second kappa shape index (κ2) is 4.79. The van der Waals surface area contributed by atoms with Gasteiger partial charge in [-0.15, -0.1) is 0 Å². The van der Waals surface area contributed by atoms with E-state index in [2.05, 4.69) is 20.0 Å². The molecule has 1 aliphatic carbocycles. The maximum Gasteiger partial charge on any atom is 0.251 e. The molecule has 0 saturated carbocycles. The van der Waals surface area contributed by atoms with Gasteiger partial charge >= 0.3 is 0 Å². The van der Waals surface area contributed by atoms with Gasteiger partial charge in [0.15, 0.2) is 0 Å². The number of hydrogen-bond donors (Lipinski definition) is 1. The van der Waals surface area contributed by atoms with E-state index >= 15 is 0 Å². The van der Waals surface area contributed by atoms with Gasteiger partial charge in [0, 0.05) is 30.5 Å². The van der Waals surface area contributed by atoms with Crippen LogP contribution in [0.5, 0.6) is 0 Å². The quantitative estimate of drug-likeness (QED) is 0.897. The minimum Gasteiger partial charge on any atom is -0.366 e. The molecule has 0 radical (unpaired) electrons. The van der Waals surface area contributed by atoms with Gasteiger partial charge in [-0.3, -0.25) is 9.48 Å². The fourth-order valence-corrected chi connectivity index (χ4v) is 3.26. The van der Waals surface area contributed by atoms with Gasteiger partial charge in [-0.2, -0.15) is 5.10 Å². The molecule has 114 valence electrons. The molecule has 7 nitrogen and oxygen atoms in total. The average Bonchev–Trinajstić information content (AvgIpc) is 3.05. The van der Waals surface area contributed by atoms with Crippen molar-refractivity contribution in [1.82, 2.24) is 19.7 Å². The Hall–Kier alpha value is -2.44. The Morgan fingerprint density at radius 3 is 2.86 bits per heavy atom. The van der Waals surface area contributed by atoms with E-state index in [1.807, 2.05) is 11.6 Å². The highest BCUT2D eigenvalue weighted by atomic mass is 16.1. The summed E-state index contributed by atoms with van der Waals surface area (Å²) in [4.78, 5) is 22.6. The summed E-state index contributed by atoms with van der Waals surface area (Å²) >= 11 is 0. The van der Waals surface area contributed by atoms with Crippen LogP contribution in [0.15, 0.2) is 12.4 Å². The third-order valence-electron chi connectivity index (χ3n) is 4.45. The Bertz CT molecular complexity index is 746. The first-order chi connectivity index (χ1) is 10.6. The topological polar surface area (TPSA) is 89.9 Å². The molecule has 0 atom stereocenters. The van der Waals surface area contributed by atoms with Crippen LogP contribution in [0.4, 0.5) is 5.82 Å². The maximum atomic E-state index is 11.1. The van der Waals surface area contributed by atoms with Gasteiger partial charge in [0.05, 0.1) is 17.8 Å². The molecular weight excluding hydrogens is 280 g/mol. The van der Waals surface area contributed by atoms with E-state index in [1.54, 1.807) is 6.20 Å². The largest absolute Gasteiger partial charge is 0.366 e. The van der Waals surface area contributed by atoms with E-state index in [-0.39, 0.29) is 6.04 Å². The van der Waals surface area contributed by atoms with Crippen molar-refractivity contribution < 1.29 is 4.79 Å². The lowest BCUT2D eigenvalue weighted by Crippen LogP contribution is -2.49. The Labute approximate surface area is 128 Å². The third-order valence-corrected chi connectivity index (χ3v) is 4.45. The van der Waals surface area contributed by atoms with Gasteiger partial charge in [0.2, 0.25) is 0 Å². The number of aromatic nitrogens is 4. The molecule has 2 aromatic heterocycles. The molecule has 2 aliphatic rings. The van der Waals surface area contributed by atoms with Crippen molar-refractivity contribution >= 4 is 11.7 Å². The van der Waals surface area contributed by atoms with Crippen molar-refractivity contribution in [3.63, 3.8) is 0 Å². The number of amides is 1. The van der Waals surface area contributed by atoms with Crippen LogP contribution < -0.4 is 10.6 Å². The molecule has 2 N–H and O–H groups in total. The molecule has 0 bridgehead atoms. The molecule has 7 heteroatoms. The van der Waals surface area contributed by atoms with Gasteiger partial charge in [-0.25, -0.2) is 9.97 Å². The van der Waals surface area contributed by atoms with Gasteiger partial charge in [0.25, 0.3) is 5.91 Å². The molecule has 0 unspecified atom stereocenters. The zero-order valence-electron chi connectivity index (χ0n) is 12.5. The van der Waals surface area contributed by atoms with Crippen LogP contribution >= 0.6 is 0 Å². The lowest BCUT2D eigenvalue weighted by atomic mass is 10.1. The molecule has 0 aromatic carbocycles. The number of carbonyl (C=O) groups is 1. The number of aryl methyl sites for hydroxylation is 2. The summed E-state index contributed by atoms with van der Waals surface area (Å²) in [5.41, 5.74) is 8.24. The Kier molecular flexibility index (Phi) is 2.88. The monoisotopic (exact) mass is 298 g/mol. The standard InChI is InChI=1S/C15H18N6O/c1-9-18-13-4-2-3-12(13)15(19-9)20-7-11(8-20)21-6-10(5-17-21)14(16)22/h5-6,11H,2-4,7-8H2,1H3,(H2,16,22). The summed E-state index contributed by atoms with van der Waals surface area (Å²) < 4.78 is 1.82. The molecule has 1 saturated heterocycles. The number of nitrogens with two attached hydrogens (primary N) is 1. The number of rotatable bonds is 3. The highest BCUT2D eigenvalue weighted by Gasteiger charge is 2.33. The van der Waals surface area contributed by atoms with Crippen LogP contribution in [0.1, 0.15) is 39.9 Å². The van der Waals surface area contributed by atoms with E-state index in [0.29, 0.717) is 5.56 Å². The van der Waals surface area contributed by atoms with Crippen molar-refractivity contribution in [2.24, 2.45) is 5.73 Å².